The van der Waals surface area contributed by atoms with Crippen molar-refractivity contribution in [2.24, 2.45) is 10.7 Å². The molecule has 4 heteroatoms. The summed E-state index contributed by atoms with van der Waals surface area (Å²) < 4.78 is 0. The first kappa shape index (κ1) is 7.80. The molecule has 0 aromatic carbocycles. The number of alkyl halides is 1. The van der Waals surface area contributed by atoms with Gasteiger partial charge in [0.05, 0.1) is 0 Å². The highest BCUT2D eigenvalue weighted by atomic mass is 35.5. The fourth-order valence-corrected chi connectivity index (χ4v) is 1.94. The Balaban J connectivity index is 2.35. The fraction of sp³-hybridized carbons (Fsp3) is 0.500. The molecule has 0 spiro atoms. The van der Waals surface area contributed by atoms with Crippen molar-refractivity contribution in [1.29, 1.82) is 5.41 Å². The van der Waals surface area contributed by atoms with E-state index in [0.29, 0.717) is 11.7 Å². The van der Waals surface area contributed by atoms with Gasteiger partial charge in [0.25, 0.3) is 0 Å². The van der Waals surface area contributed by atoms with Crippen molar-refractivity contribution in [2.45, 2.75) is 24.6 Å². The maximum atomic E-state index is 7.51. The fourth-order valence-electron chi connectivity index (χ4n) is 1.68. The Morgan fingerprint density at radius 3 is 3.00 bits per heavy atom. The quantitative estimate of drug-likeness (QED) is 0.549. The van der Waals surface area contributed by atoms with Gasteiger partial charge in [-0.2, -0.15) is 0 Å². The summed E-state index contributed by atoms with van der Waals surface area (Å²) in [4.78, 5) is 3.91. The summed E-state index contributed by atoms with van der Waals surface area (Å²) in [5.41, 5.74) is 7.64. The van der Waals surface area contributed by atoms with Crippen LogP contribution in [0.15, 0.2) is 16.1 Å². The molecule has 3 nitrogen and oxygen atoms in total. The Morgan fingerprint density at radius 1 is 1.50 bits per heavy atom. The van der Waals surface area contributed by atoms with Crippen LogP contribution < -0.4 is 5.73 Å². The highest BCUT2D eigenvalue weighted by molar-refractivity contribution is 6.24. The first-order chi connectivity index (χ1) is 5.68. The van der Waals surface area contributed by atoms with Gasteiger partial charge in [-0.15, -0.1) is 11.6 Å². The number of hydrogen-bond acceptors (Lipinski definition) is 2. The molecule has 0 bridgehead atoms. The molecule has 0 radical (unpaired) electrons. The minimum atomic E-state index is 0.158. The molecule has 3 N–H and O–H groups in total. The van der Waals surface area contributed by atoms with Crippen LogP contribution in [0.2, 0.25) is 0 Å². The standard InChI is InChI=1S/C8H10ClN3/c9-4-1-2-5-6(3-4)8(11)12-7(5)10/h4H,1-3H2,(H3,10,11,12). The Hall–Kier alpha value is -0.830. The summed E-state index contributed by atoms with van der Waals surface area (Å²) >= 11 is 5.97. The van der Waals surface area contributed by atoms with Crippen molar-refractivity contribution in [3.8, 4) is 0 Å². The second-order valence-electron chi connectivity index (χ2n) is 3.14. The van der Waals surface area contributed by atoms with E-state index in [1.165, 1.54) is 0 Å². The molecule has 64 valence electrons. The van der Waals surface area contributed by atoms with Crippen molar-refractivity contribution in [2.75, 3.05) is 0 Å². The SMILES string of the molecule is N=C1N=C(N)C2=C1CC(Cl)CC2. The van der Waals surface area contributed by atoms with Gasteiger partial charge >= 0.3 is 0 Å². The molecule has 0 aromatic rings. The van der Waals surface area contributed by atoms with Crippen LogP contribution in [0.25, 0.3) is 0 Å². The van der Waals surface area contributed by atoms with Gasteiger partial charge in [0, 0.05) is 16.5 Å². The molecule has 1 aliphatic carbocycles. The highest BCUT2D eigenvalue weighted by Crippen LogP contribution is 2.32. The van der Waals surface area contributed by atoms with Crippen LogP contribution in [0.1, 0.15) is 19.3 Å². The van der Waals surface area contributed by atoms with Crippen LogP contribution in [0, 0.1) is 5.41 Å². The summed E-state index contributed by atoms with van der Waals surface area (Å²) in [5.74, 6) is 0.839. The number of hydrogen-bond donors (Lipinski definition) is 2. The van der Waals surface area contributed by atoms with E-state index >= 15 is 0 Å². The normalized spacial score (nSPS) is 28.9. The predicted molar refractivity (Wildman–Crippen MR) is 49.9 cm³/mol. The first-order valence-corrected chi connectivity index (χ1v) is 4.41. The van der Waals surface area contributed by atoms with E-state index in [4.69, 9.17) is 22.7 Å². The lowest BCUT2D eigenvalue weighted by atomic mass is 9.92. The molecule has 0 aromatic heterocycles. The van der Waals surface area contributed by atoms with Gasteiger partial charge in [-0.05, 0) is 19.3 Å². The number of nitrogens with zero attached hydrogens (tertiary/aromatic N) is 1. The molecule has 0 saturated carbocycles. The number of halogens is 1. The van der Waals surface area contributed by atoms with E-state index in [0.717, 1.165) is 30.4 Å². The summed E-state index contributed by atoms with van der Waals surface area (Å²) in [6.45, 7) is 0. The van der Waals surface area contributed by atoms with Crippen LogP contribution >= 0.6 is 11.6 Å². The third-order valence-corrected chi connectivity index (χ3v) is 2.70. The lowest BCUT2D eigenvalue weighted by molar-refractivity contribution is 0.715. The van der Waals surface area contributed by atoms with Crippen LogP contribution in [-0.4, -0.2) is 17.0 Å². The van der Waals surface area contributed by atoms with Crippen molar-refractivity contribution >= 4 is 23.3 Å². The topological polar surface area (TPSA) is 62.2 Å². The zero-order valence-corrected chi connectivity index (χ0v) is 7.36. The predicted octanol–water partition coefficient (Wildman–Crippen LogP) is 1.42. The molecule has 12 heavy (non-hydrogen) atoms. The molecular weight excluding hydrogens is 174 g/mol. The Bertz CT molecular complexity index is 303. The van der Waals surface area contributed by atoms with Gasteiger partial charge in [0.15, 0.2) is 5.84 Å². The van der Waals surface area contributed by atoms with Crippen LogP contribution in [0.5, 0.6) is 0 Å². The average molecular weight is 184 g/mol. The van der Waals surface area contributed by atoms with E-state index in [-0.39, 0.29) is 5.38 Å². The van der Waals surface area contributed by atoms with Gasteiger partial charge in [-0.25, -0.2) is 4.99 Å². The number of nitrogens with two attached hydrogens (primary N) is 1. The van der Waals surface area contributed by atoms with E-state index < -0.39 is 0 Å². The van der Waals surface area contributed by atoms with Gasteiger partial charge < -0.3 is 5.73 Å². The molecular formula is C8H10ClN3. The van der Waals surface area contributed by atoms with E-state index in [1.54, 1.807) is 0 Å². The minimum Gasteiger partial charge on any atom is -0.383 e. The number of amidine groups is 2. The molecule has 0 amide bonds. The van der Waals surface area contributed by atoms with E-state index in [1.807, 2.05) is 0 Å². The van der Waals surface area contributed by atoms with E-state index in [9.17, 15) is 0 Å². The summed E-state index contributed by atoms with van der Waals surface area (Å²) in [5, 5.41) is 7.67. The molecule has 0 fully saturated rings. The maximum absolute atomic E-state index is 7.51. The summed E-state index contributed by atoms with van der Waals surface area (Å²) in [6, 6.07) is 0. The second-order valence-corrected chi connectivity index (χ2v) is 3.76. The first-order valence-electron chi connectivity index (χ1n) is 3.98. The van der Waals surface area contributed by atoms with E-state index in [2.05, 4.69) is 4.99 Å². The number of rotatable bonds is 0. The Labute approximate surface area is 75.8 Å². The third-order valence-electron chi connectivity index (χ3n) is 2.32. The summed E-state index contributed by atoms with van der Waals surface area (Å²) in [6.07, 6.45) is 2.57. The zero-order valence-electron chi connectivity index (χ0n) is 6.60. The van der Waals surface area contributed by atoms with Gasteiger partial charge in [0.1, 0.15) is 5.84 Å². The zero-order chi connectivity index (χ0) is 8.72. The average Bonchev–Trinajstić information content (AvgIpc) is 2.28. The molecule has 1 unspecified atom stereocenters. The molecule has 0 saturated heterocycles. The van der Waals surface area contributed by atoms with Crippen molar-refractivity contribution < 1.29 is 0 Å². The molecule has 2 rings (SSSR count). The largest absolute Gasteiger partial charge is 0.383 e. The van der Waals surface area contributed by atoms with Gasteiger partial charge in [-0.1, -0.05) is 0 Å². The highest BCUT2D eigenvalue weighted by Gasteiger charge is 2.28. The number of nitrogens with one attached hydrogen (secondary N) is 1. The van der Waals surface area contributed by atoms with Gasteiger partial charge in [-0.3, -0.25) is 5.41 Å². The van der Waals surface area contributed by atoms with Crippen LogP contribution in [-0.2, 0) is 0 Å². The minimum absolute atomic E-state index is 0.158. The van der Waals surface area contributed by atoms with Crippen LogP contribution in [0.3, 0.4) is 0 Å². The smallest absolute Gasteiger partial charge is 0.150 e. The summed E-state index contributed by atoms with van der Waals surface area (Å²) in [7, 11) is 0. The van der Waals surface area contributed by atoms with Gasteiger partial charge in [0.2, 0.25) is 0 Å². The molecule has 1 aliphatic heterocycles. The maximum Gasteiger partial charge on any atom is 0.150 e. The number of aliphatic imine (C=N–C) groups is 1. The monoisotopic (exact) mass is 183 g/mol. The van der Waals surface area contributed by atoms with Crippen LogP contribution in [0.4, 0.5) is 0 Å². The Kier molecular flexibility index (Phi) is 1.68. The van der Waals surface area contributed by atoms with Crippen molar-refractivity contribution in [3.05, 3.63) is 11.1 Å². The Morgan fingerprint density at radius 2 is 2.25 bits per heavy atom. The van der Waals surface area contributed by atoms with Crippen molar-refractivity contribution in [3.63, 3.8) is 0 Å². The molecule has 1 atom stereocenters. The second kappa shape index (κ2) is 2.59. The molecule has 1 heterocycles. The van der Waals surface area contributed by atoms with Crippen molar-refractivity contribution in [1.82, 2.24) is 0 Å². The third kappa shape index (κ3) is 1.05. The lowest BCUT2D eigenvalue weighted by Gasteiger charge is -2.17. The lowest BCUT2D eigenvalue weighted by Crippen LogP contribution is -2.17. The molecule has 2 aliphatic rings.